The Balaban J connectivity index is 1.46. The molecule has 1 fully saturated rings. The summed E-state index contributed by atoms with van der Waals surface area (Å²) in [6, 6.07) is 5.69. The van der Waals surface area contributed by atoms with E-state index in [0.717, 1.165) is 55.5 Å². The van der Waals surface area contributed by atoms with Crippen LogP contribution >= 0.6 is 11.3 Å². The Morgan fingerprint density at radius 3 is 2.79 bits per heavy atom. The van der Waals surface area contributed by atoms with Crippen LogP contribution in [0.25, 0.3) is 10.6 Å². The first-order valence-electron chi connectivity index (χ1n) is 9.43. The number of morpholine rings is 1. The van der Waals surface area contributed by atoms with Crippen molar-refractivity contribution in [2.75, 3.05) is 53.6 Å². The average Bonchev–Trinajstić information content (AvgIpc) is 3.19. The standard InChI is InChI=1S/C20H27N3O4S/c1-25-17-5-4-15(12-18(17)26-2)20-22-16(14-28-20)13-19(24)21-6-3-7-23-8-10-27-11-9-23/h4-5,12,14H,3,6-11,13H2,1-2H3,(H,21,24). The number of nitrogens with one attached hydrogen (secondary N) is 1. The lowest BCUT2D eigenvalue weighted by molar-refractivity contribution is -0.120. The first-order valence-corrected chi connectivity index (χ1v) is 10.3. The Bertz CT molecular complexity index is 775. The molecule has 28 heavy (non-hydrogen) atoms. The Kier molecular flexibility index (Phi) is 7.64. The number of thiazole rings is 1. The Hall–Kier alpha value is -2.16. The summed E-state index contributed by atoms with van der Waals surface area (Å²) in [6.45, 7) is 5.24. The second-order valence-corrected chi connectivity index (χ2v) is 7.41. The maximum Gasteiger partial charge on any atom is 0.226 e. The van der Waals surface area contributed by atoms with Crippen molar-refractivity contribution in [1.29, 1.82) is 0 Å². The highest BCUT2D eigenvalue weighted by molar-refractivity contribution is 7.13. The van der Waals surface area contributed by atoms with E-state index in [9.17, 15) is 4.79 Å². The molecule has 0 bridgehead atoms. The number of carbonyl (C=O) groups is 1. The van der Waals surface area contributed by atoms with Gasteiger partial charge in [0.25, 0.3) is 0 Å². The van der Waals surface area contributed by atoms with Gasteiger partial charge in [0, 0.05) is 30.6 Å². The van der Waals surface area contributed by atoms with Crippen LogP contribution in [0.2, 0.25) is 0 Å². The van der Waals surface area contributed by atoms with Gasteiger partial charge in [0.15, 0.2) is 11.5 Å². The Morgan fingerprint density at radius 1 is 1.25 bits per heavy atom. The SMILES string of the molecule is COc1ccc(-c2nc(CC(=O)NCCCN3CCOCC3)cs2)cc1OC. The number of carbonyl (C=O) groups excluding carboxylic acids is 1. The van der Waals surface area contributed by atoms with Crippen molar-refractivity contribution in [3.8, 4) is 22.1 Å². The topological polar surface area (TPSA) is 72.9 Å². The average molecular weight is 406 g/mol. The molecule has 0 aliphatic carbocycles. The maximum absolute atomic E-state index is 12.2. The molecule has 0 radical (unpaired) electrons. The highest BCUT2D eigenvalue weighted by atomic mass is 32.1. The van der Waals surface area contributed by atoms with Gasteiger partial charge in [0.2, 0.25) is 5.91 Å². The van der Waals surface area contributed by atoms with Crippen molar-refractivity contribution in [3.05, 3.63) is 29.3 Å². The third-order valence-electron chi connectivity index (χ3n) is 4.60. The lowest BCUT2D eigenvalue weighted by atomic mass is 10.2. The highest BCUT2D eigenvalue weighted by Crippen LogP contribution is 2.33. The quantitative estimate of drug-likeness (QED) is 0.645. The molecule has 152 valence electrons. The number of benzene rings is 1. The van der Waals surface area contributed by atoms with Crippen LogP contribution in [0, 0.1) is 0 Å². The monoisotopic (exact) mass is 405 g/mol. The van der Waals surface area contributed by atoms with Gasteiger partial charge < -0.3 is 19.5 Å². The summed E-state index contributed by atoms with van der Waals surface area (Å²) < 4.78 is 16.0. The van der Waals surface area contributed by atoms with E-state index in [1.165, 1.54) is 11.3 Å². The van der Waals surface area contributed by atoms with Gasteiger partial charge in [0.05, 0.1) is 39.5 Å². The second kappa shape index (κ2) is 10.4. The van der Waals surface area contributed by atoms with E-state index in [-0.39, 0.29) is 5.91 Å². The van der Waals surface area contributed by atoms with E-state index in [1.54, 1.807) is 14.2 Å². The molecule has 3 rings (SSSR count). The second-order valence-electron chi connectivity index (χ2n) is 6.55. The van der Waals surface area contributed by atoms with Crippen molar-refractivity contribution < 1.29 is 19.0 Å². The summed E-state index contributed by atoms with van der Waals surface area (Å²) in [7, 11) is 3.22. The highest BCUT2D eigenvalue weighted by Gasteiger charge is 2.12. The van der Waals surface area contributed by atoms with Crippen LogP contribution in [0.15, 0.2) is 23.6 Å². The molecule has 1 aromatic heterocycles. The van der Waals surface area contributed by atoms with Gasteiger partial charge in [-0.3, -0.25) is 9.69 Å². The smallest absolute Gasteiger partial charge is 0.226 e. The number of aromatic nitrogens is 1. The number of amides is 1. The number of nitrogens with zero attached hydrogens (tertiary/aromatic N) is 2. The minimum Gasteiger partial charge on any atom is -0.493 e. The molecule has 2 heterocycles. The summed E-state index contributed by atoms with van der Waals surface area (Å²) in [5.41, 5.74) is 1.72. The molecule has 2 aromatic rings. The molecule has 1 aromatic carbocycles. The third-order valence-corrected chi connectivity index (χ3v) is 5.54. The minimum absolute atomic E-state index is 0.00568. The number of hydrogen-bond acceptors (Lipinski definition) is 7. The Labute approximate surface area is 169 Å². The number of hydrogen-bond donors (Lipinski definition) is 1. The molecule has 7 nitrogen and oxygen atoms in total. The zero-order chi connectivity index (χ0) is 19.8. The van der Waals surface area contributed by atoms with E-state index >= 15 is 0 Å². The zero-order valence-electron chi connectivity index (χ0n) is 16.4. The first-order chi connectivity index (χ1) is 13.7. The van der Waals surface area contributed by atoms with Gasteiger partial charge in [-0.05, 0) is 31.2 Å². The molecule has 0 atom stereocenters. The van der Waals surface area contributed by atoms with Crippen LogP contribution in [-0.2, 0) is 16.0 Å². The fourth-order valence-electron chi connectivity index (χ4n) is 3.07. The molecular weight excluding hydrogens is 378 g/mol. The van der Waals surface area contributed by atoms with Crippen LogP contribution in [-0.4, -0.2) is 69.4 Å². The minimum atomic E-state index is 0.00568. The fourth-order valence-corrected chi connectivity index (χ4v) is 3.89. The molecule has 1 aliphatic heterocycles. The predicted octanol–water partition coefficient (Wildman–Crippen LogP) is 2.21. The van der Waals surface area contributed by atoms with Crippen LogP contribution in [0.5, 0.6) is 11.5 Å². The van der Waals surface area contributed by atoms with E-state index in [2.05, 4.69) is 15.2 Å². The van der Waals surface area contributed by atoms with E-state index in [1.807, 2.05) is 23.6 Å². The molecule has 8 heteroatoms. The van der Waals surface area contributed by atoms with Crippen LogP contribution < -0.4 is 14.8 Å². The van der Waals surface area contributed by atoms with Crippen LogP contribution in [0.4, 0.5) is 0 Å². The summed E-state index contributed by atoms with van der Waals surface area (Å²) in [6.07, 6.45) is 1.24. The number of methoxy groups -OCH3 is 2. The third kappa shape index (κ3) is 5.67. The molecule has 0 unspecified atom stereocenters. The maximum atomic E-state index is 12.2. The lowest BCUT2D eigenvalue weighted by Crippen LogP contribution is -2.38. The van der Waals surface area contributed by atoms with Crippen molar-refractivity contribution in [3.63, 3.8) is 0 Å². The van der Waals surface area contributed by atoms with Gasteiger partial charge in [-0.25, -0.2) is 4.98 Å². The van der Waals surface area contributed by atoms with E-state index < -0.39 is 0 Å². The summed E-state index contributed by atoms with van der Waals surface area (Å²) >= 11 is 1.52. The van der Waals surface area contributed by atoms with Crippen LogP contribution in [0.1, 0.15) is 12.1 Å². The molecule has 1 aliphatic rings. The van der Waals surface area contributed by atoms with Gasteiger partial charge in [-0.15, -0.1) is 11.3 Å². The van der Waals surface area contributed by atoms with Crippen molar-refractivity contribution in [1.82, 2.24) is 15.2 Å². The fraction of sp³-hybridized carbons (Fsp3) is 0.500. The molecule has 1 N–H and O–H groups in total. The summed E-state index contributed by atoms with van der Waals surface area (Å²) in [5, 5.41) is 5.77. The summed E-state index contributed by atoms with van der Waals surface area (Å²) in [5.74, 6) is 1.35. The summed E-state index contributed by atoms with van der Waals surface area (Å²) in [4.78, 5) is 19.1. The van der Waals surface area contributed by atoms with Gasteiger partial charge in [-0.2, -0.15) is 0 Å². The largest absolute Gasteiger partial charge is 0.493 e. The van der Waals surface area contributed by atoms with E-state index in [4.69, 9.17) is 14.2 Å². The van der Waals surface area contributed by atoms with Crippen molar-refractivity contribution in [2.45, 2.75) is 12.8 Å². The molecule has 1 saturated heterocycles. The predicted molar refractivity (Wildman–Crippen MR) is 109 cm³/mol. The normalized spacial score (nSPS) is 14.6. The van der Waals surface area contributed by atoms with Gasteiger partial charge in [-0.1, -0.05) is 0 Å². The first kappa shape index (κ1) is 20.6. The van der Waals surface area contributed by atoms with Crippen molar-refractivity contribution in [2.24, 2.45) is 0 Å². The van der Waals surface area contributed by atoms with Gasteiger partial charge in [0.1, 0.15) is 5.01 Å². The zero-order valence-corrected chi connectivity index (χ0v) is 17.2. The lowest BCUT2D eigenvalue weighted by Gasteiger charge is -2.26. The number of rotatable bonds is 9. The van der Waals surface area contributed by atoms with Crippen molar-refractivity contribution >= 4 is 17.2 Å². The Morgan fingerprint density at radius 2 is 2.04 bits per heavy atom. The molecule has 1 amide bonds. The van der Waals surface area contributed by atoms with Crippen LogP contribution in [0.3, 0.4) is 0 Å². The molecular formula is C20H27N3O4S. The number of ether oxygens (including phenoxy) is 3. The van der Waals surface area contributed by atoms with Gasteiger partial charge >= 0.3 is 0 Å². The molecule has 0 saturated carbocycles. The molecule has 0 spiro atoms. The van der Waals surface area contributed by atoms with E-state index in [0.29, 0.717) is 24.5 Å².